The molecule has 3 aliphatic carbocycles. The number of hydrogen-bond donors (Lipinski definition) is 5. The second kappa shape index (κ2) is 22.1. The van der Waals surface area contributed by atoms with Crippen LogP contribution in [-0.4, -0.2) is 84.4 Å². The van der Waals surface area contributed by atoms with E-state index < -0.39 is 54.7 Å². The normalized spacial score (nSPS) is 25.8. The fourth-order valence-electron chi connectivity index (χ4n) is 9.27. The molecule has 0 unspecified atom stereocenters. The van der Waals surface area contributed by atoms with E-state index in [1.165, 1.54) is 26.2 Å². The molecule has 1 heterocycles. The summed E-state index contributed by atoms with van der Waals surface area (Å²) in [5, 5.41) is 16.1. The summed E-state index contributed by atoms with van der Waals surface area (Å²) in [4.78, 5) is 66.8. The molecule has 10 atom stereocenters. The first-order chi connectivity index (χ1) is 26.0. The maximum atomic E-state index is 13.8. The molecule has 3 saturated carbocycles. The number of nitrogens with two attached hydrogens (primary N) is 2. The predicted octanol–water partition coefficient (Wildman–Crippen LogP) is 5.20. The number of aliphatic hydroxyl groups is 1. The molecule has 0 radical (unpaired) electrons. The molecule has 4 aliphatic rings. The van der Waals surface area contributed by atoms with Gasteiger partial charge in [-0.15, -0.1) is 0 Å². The highest BCUT2D eigenvalue weighted by Gasteiger charge is 2.68. The summed E-state index contributed by atoms with van der Waals surface area (Å²) < 4.78 is 13.0. The Balaban J connectivity index is 1.54. The highest BCUT2D eigenvalue weighted by molar-refractivity contribution is 6.47. The molecule has 4 rings (SSSR count). The number of hydrogen-bond acceptors (Lipinski definition) is 10. The Bertz CT molecular complexity index is 1280. The van der Waals surface area contributed by atoms with Gasteiger partial charge in [0, 0.05) is 37.5 Å². The highest BCUT2D eigenvalue weighted by atomic mass is 16.7. The van der Waals surface area contributed by atoms with Crippen molar-refractivity contribution in [3.05, 3.63) is 0 Å². The summed E-state index contributed by atoms with van der Waals surface area (Å²) >= 11 is 0. The van der Waals surface area contributed by atoms with Crippen molar-refractivity contribution in [2.45, 2.75) is 193 Å². The van der Waals surface area contributed by atoms with Crippen LogP contribution in [0.25, 0.3) is 0 Å². The van der Waals surface area contributed by atoms with Crippen LogP contribution in [0, 0.1) is 29.1 Å². The van der Waals surface area contributed by atoms with Crippen molar-refractivity contribution in [3.8, 4) is 0 Å². The van der Waals surface area contributed by atoms with E-state index in [-0.39, 0.29) is 66.7 Å². The fraction of sp³-hybridized carbons (Fsp3) is 0.881. The number of amides is 2. The van der Waals surface area contributed by atoms with Gasteiger partial charge in [0.05, 0.1) is 23.9 Å². The smallest absolute Gasteiger partial charge is 0.405 e. The molecule has 4 fully saturated rings. The first-order valence-electron chi connectivity index (χ1n) is 21.6. The Labute approximate surface area is 331 Å². The predicted molar refractivity (Wildman–Crippen MR) is 216 cm³/mol. The first kappa shape index (κ1) is 47.2. The molecule has 55 heavy (non-hydrogen) atoms. The lowest BCUT2D eigenvalue weighted by atomic mass is 9.43. The van der Waals surface area contributed by atoms with Crippen LogP contribution in [-0.2, 0) is 33.3 Å². The molecule has 7 N–H and O–H groups in total. The third-order valence-corrected chi connectivity index (χ3v) is 13.1. The van der Waals surface area contributed by atoms with Gasteiger partial charge in [-0.2, -0.15) is 0 Å². The number of carbonyl (C=O) groups is 5. The minimum Gasteiger partial charge on any atom is -0.405 e. The monoisotopic (exact) mass is 775 g/mol. The molecule has 0 aromatic heterocycles. The lowest BCUT2D eigenvalue weighted by molar-refractivity contribution is -0.199. The maximum Gasteiger partial charge on any atom is 0.461 e. The van der Waals surface area contributed by atoms with Crippen molar-refractivity contribution < 1.29 is 38.4 Å². The van der Waals surface area contributed by atoms with Crippen LogP contribution in [0.4, 0.5) is 0 Å². The molecular weight excluding hydrogens is 699 g/mol. The lowest BCUT2D eigenvalue weighted by Gasteiger charge is -2.64. The van der Waals surface area contributed by atoms with Crippen molar-refractivity contribution >= 4 is 36.3 Å². The molecule has 2 bridgehead atoms. The number of unbranched alkanes of at least 4 members (excludes halogenated alkanes) is 7. The molecule has 1 aliphatic heterocycles. The second-order valence-electron chi connectivity index (χ2n) is 18.0. The standard InChI is InChI=1S/C42H75BN4O8/c1-8-9-10-11-12-13-14-17-32(49)24-30(19-21-45)40(53)47-38(29(4)48)35(51)22-27(2)39(52)46-33(18-15-16-20-44)34(50)23-28(3)43-54-37-26-31-25-36(41(31,5)6)42(37,7)55-43/h27-31,33,36-38,48H,8-26,44-45H2,1-7H3,(H,46,52)(H,47,53)/t27-,28-,29-,30-,31+,33+,36+,37-,38+,42+/m1/s1. The van der Waals surface area contributed by atoms with Gasteiger partial charge in [0.15, 0.2) is 11.6 Å². The van der Waals surface area contributed by atoms with E-state index in [1.54, 1.807) is 6.92 Å². The van der Waals surface area contributed by atoms with Crippen LogP contribution >= 0.6 is 0 Å². The molecule has 2 amide bonds. The number of ketones is 3. The second-order valence-corrected chi connectivity index (χ2v) is 18.0. The lowest BCUT2D eigenvalue weighted by Crippen LogP contribution is -2.65. The topological polar surface area (TPSA) is 200 Å². The highest BCUT2D eigenvalue weighted by Crippen LogP contribution is 2.66. The van der Waals surface area contributed by atoms with Gasteiger partial charge < -0.3 is 36.5 Å². The molecular formula is C42H75BN4O8. The minimum atomic E-state index is -1.27. The quantitative estimate of drug-likeness (QED) is 0.0520. The summed E-state index contributed by atoms with van der Waals surface area (Å²) in [6.07, 6.45) is 10.8. The summed E-state index contributed by atoms with van der Waals surface area (Å²) in [6, 6.07) is -2.04. The number of carbonyl (C=O) groups excluding carboxylic acids is 5. The molecule has 1 saturated heterocycles. The Morgan fingerprint density at radius 1 is 0.800 bits per heavy atom. The largest absolute Gasteiger partial charge is 0.461 e. The minimum absolute atomic E-state index is 0.00858. The summed E-state index contributed by atoms with van der Waals surface area (Å²) in [6.45, 7) is 14.5. The van der Waals surface area contributed by atoms with Gasteiger partial charge in [-0.1, -0.05) is 73.1 Å². The van der Waals surface area contributed by atoms with Crippen molar-refractivity contribution in [1.29, 1.82) is 0 Å². The van der Waals surface area contributed by atoms with Crippen molar-refractivity contribution in [2.24, 2.45) is 40.6 Å². The number of aliphatic hydroxyl groups excluding tert-OH is 1. The van der Waals surface area contributed by atoms with E-state index in [2.05, 4.69) is 38.3 Å². The van der Waals surface area contributed by atoms with E-state index >= 15 is 0 Å². The van der Waals surface area contributed by atoms with Crippen LogP contribution < -0.4 is 22.1 Å². The molecule has 12 nitrogen and oxygen atoms in total. The van der Waals surface area contributed by atoms with E-state index in [9.17, 15) is 29.1 Å². The summed E-state index contributed by atoms with van der Waals surface area (Å²) in [7, 11) is -0.508. The Morgan fingerprint density at radius 2 is 1.47 bits per heavy atom. The Morgan fingerprint density at radius 3 is 2.09 bits per heavy atom. The van der Waals surface area contributed by atoms with Gasteiger partial charge in [0.2, 0.25) is 11.8 Å². The first-order valence-corrected chi connectivity index (χ1v) is 21.6. The average molecular weight is 775 g/mol. The molecule has 13 heteroatoms. The van der Waals surface area contributed by atoms with Crippen molar-refractivity contribution in [1.82, 2.24) is 10.6 Å². The Hall–Kier alpha value is -2.19. The van der Waals surface area contributed by atoms with E-state index in [0.717, 1.165) is 38.5 Å². The summed E-state index contributed by atoms with van der Waals surface area (Å²) in [5.74, 6) is -2.40. The van der Waals surface area contributed by atoms with Gasteiger partial charge in [-0.25, -0.2) is 0 Å². The third-order valence-electron chi connectivity index (χ3n) is 13.1. The number of rotatable bonds is 28. The van der Waals surface area contributed by atoms with Crippen LogP contribution in [0.15, 0.2) is 0 Å². The van der Waals surface area contributed by atoms with Gasteiger partial charge in [0.1, 0.15) is 11.8 Å². The van der Waals surface area contributed by atoms with Crippen LogP contribution in [0.1, 0.15) is 158 Å². The van der Waals surface area contributed by atoms with E-state index in [4.69, 9.17) is 20.8 Å². The Kier molecular flexibility index (Phi) is 19.0. The van der Waals surface area contributed by atoms with Crippen molar-refractivity contribution in [2.75, 3.05) is 13.1 Å². The zero-order chi connectivity index (χ0) is 40.9. The van der Waals surface area contributed by atoms with Crippen LogP contribution in [0.5, 0.6) is 0 Å². The maximum absolute atomic E-state index is 13.8. The van der Waals surface area contributed by atoms with E-state index in [1.807, 2.05) is 6.92 Å². The third kappa shape index (κ3) is 12.9. The molecule has 0 aromatic rings. The van der Waals surface area contributed by atoms with Gasteiger partial charge in [-0.05, 0) is 95.0 Å². The summed E-state index contributed by atoms with van der Waals surface area (Å²) in [5.41, 5.74) is 11.3. The fourth-order valence-corrected chi connectivity index (χ4v) is 9.27. The molecule has 0 aromatic carbocycles. The zero-order valence-electron chi connectivity index (χ0n) is 35.2. The van der Waals surface area contributed by atoms with E-state index in [0.29, 0.717) is 44.1 Å². The van der Waals surface area contributed by atoms with Gasteiger partial charge in [-0.3, -0.25) is 24.0 Å². The SMILES string of the molecule is CCCCCCCCCC(=O)C[C@@H](CCN)C(=O)N[C@H](C(=O)C[C@@H](C)C(=O)N[C@@H](CCCCN)C(=O)C[C@@H](C)B1O[C@@H]2C[C@@H]3C[C@@H](C3(C)C)[C@]2(C)O1)[C@@H](C)O. The van der Waals surface area contributed by atoms with Crippen molar-refractivity contribution in [3.63, 3.8) is 0 Å². The average Bonchev–Trinajstić information content (AvgIpc) is 3.50. The van der Waals surface area contributed by atoms with Gasteiger partial charge in [0.25, 0.3) is 0 Å². The molecule has 314 valence electrons. The van der Waals surface area contributed by atoms with Crippen LogP contribution in [0.2, 0.25) is 5.82 Å². The molecule has 0 spiro atoms. The van der Waals surface area contributed by atoms with Gasteiger partial charge >= 0.3 is 7.12 Å². The zero-order valence-corrected chi connectivity index (χ0v) is 35.2. The number of Topliss-reactive ketones (excluding diaryl/α,β-unsaturated/α-hetero) is 3. The van der Waals surface area contributed by atoms with Crippen LogP contribution in [0.3, 0.4) is 0 Å². The number of nitrogens with one attached hydrogen (secondary N) is 2.